The van der Waals surface area contributed by atoms with E-state index in [2.05, 4.69) is 15.2 Å². The predicted octanol–water partition coefficient (Wildman–Crippen LogP) is 0.969. The zero-order valence-electron chi connectivity index (χ0n) is 8.61. The van der Waals surface area contributed by atoms with Crippen LogP contribution in [0.4, 0.5) is 0 Å². The average Bonchev–Trinajstić information content (AvgIpc) is 2.90. The minimum absolute atomic E-state index is 0.00306. The first-order chi connectivity index (χ1) is 7.36. The fraction of sp³-hybridized carbons (Fsp3) is 0.600. The molecule has 1 N–H and O–H groups in total. The van der Waals surface area contributed by atoms with Gasteiger partial charge in [-0.15, -0.1) is 11.3 Å². The van der Waals surface area contributed by atoms with Gasteiger partial charge in [-0.1, -0.05) is 0 Å². The van der Waals surface area contributed by atoms with Gasteiger partial charge in [-0.05, 0) is 25.9 Å². The maximum atomic E-state index is 11.5. The Morgan fingerprint density at radius 3 is 3.00 bits per heavy atom. The number of hydrogen-bond donors (Lipinski definition) is 1. The van der Waals surface area contributed by atoms with Crippen molar-refractivity contribution in [3.8, 4) is 0 Å². The highest BCUT2D eigenvalue weighted by atomic mass is 32.1. The lowest BCUT2D eigenvalue weighted by Crippen LogP contribution is -2.33. The van der Waals surface area contributed by atoms with Crippen molar-refractivity contribution < 1.29 is 4.79 Å². The smallest absolute Gasteiger partial charge is 0.263 e. The van der Waals surface area contributed by atoms with Crippen LogP contribution in [0.5, 0.6) is 0 Å². The van der Waals surface area contributed by atoms with E-state index in [1.807, 2.05) is 0 Å². The maximum absolute atomic E-state index is 11.5. The highest BCUT2D eigenvalue weighted by Crippen LogP contribution is 2.06. The summed E-state index contributed by atoms with van der Waals surface area (Å²) in [5.41, 5.74) is 1.68. The Morgan fingerprint density at radius 1 is 1.53 bits per heavy atom. The van der Waals surface area contributed by atoms with Crippen LogP contribution in [-0.2, 0) is 0 Å². The lowest BCUT2D eigenvalue weighted by Gasteiger charge is -2.14. The van der Waals surface area contributed by atoms with Gasteiger partial charge in [-0.25, -0.2) is 0 Å². The summed E-state index contributed by atoms with van der Waals surface area (Å²) in [7, 11) is 0. The van der Waals surface area contributed by atoms with Gasteiger partial charge in [0.1, 0.15) is 4.88 Å². The van der Waals surface area contributed by atoms with Crippen LogP contribution in [0.2, 0.25) is 0 Å². The first kappa shape index (κ1) is 10.6. The van der Waals surface area contributed by atoms with E-state index >= 15 is 0 Å². The van der Waals surface area contributed by atoms with E-state index in [0.717, 1.165) is 13.1 Å². The molecular weight excluding hydrogens is 210 g/mol. The molecule has 0 unspecified atom stereocenters. The Hall–Kier alpha value is -0.940. The number of thiazole rings is 1. The van der Waals surface area contributed by atoms with E-state index in [0.29, 0.717) is 4.88 Å². The number of carbonyl (C=O) groups excluding carboxylic acids is 1. The van der Waals surface area contributed by atoms with Crippen LogP contribution in [0.3, 0.4) is 0 Å². The van der Waals surface area contributed by atoms with E-state index in [4.69, 9.17) is 0 Å². The van der Waals surface area contributed by atoms with Crippen LogP contribution in [0.25, 0.3) is 0 Å². The van der Waals surface area contributed by atoms with E-state index in [1.165, 1.54) is 37.3 Å². The van der Waals surface area contributed by atoms with Crippen LogP contribution < -0.4 is 5.32 Å². The number of likely N-dealkylation sites (tertiary alicyclic amines) is 1. The molecule has 0 bridgehead atoms. The van der Waals surface area contributed by atoms with Gasteiger partial charge in [-0.3, -0.25) is 9.78 Å². The summed E-state index contributed by atoms with van der Waals surface area (Å²) in [4.78, 5) is 18.5. The normalized spacial score (nSPS) is 16.8. The SMILES string of the molecule is O=C(NCCN1CCCC1)c1cncs1. The van der Waals surface area contributed by atoms with Crippen LogP contribution in [0.1, 0.15) is 22.5 Å². The summed E-state index contributed by atoms with van der Waals surface area (Å²) in [6.07, 6.45) is 4.20. The Bertz CT molecular complexity index is 306. The second-order valence-corrected chi connectivity index (χ2v) is 4.56. The lowest BCUT2D eigenvalue weighted by atomic mass is 10.4. The molecule has 1 aliphatic heterocycles. The lowest BCUT2D eigenvalue weighted by molar-refractivity contribution is 0.0953. The Morgan fingerprint density at radius 2 is 2.33 bits per heavy atom. The summed E-state index contributed by atoms with van der Waals surface area (Å²) in [6.45, 7) is 4.05. The molecule has 0 spiro atoms. The molecule has 1 fully saturated rings. The van der Waals surface area contributed by atoms with Crippen LogP contribution in [0.15, 0.2) is 11.7 Å². The third-order valence-electron chi connectivity index (χ3n) is 2.57. The molecule has 1 amide bonds. The molecule has 0 saturated carbocycles. The topological polar surface area (TPSA) is 45.2 Å². The third kappa shape index (κ3) is 3.00. The predicted molar refractivity (Wildman–Crippen MR) is 60.1 cm³/mol. The van der Waals surface area contributed by atoms with Crippen molar-refractivity contribution in [1.82, 2.24) is 15.2 Å². The van der Waals surface area contributed by atoms with Gasteiger partial charge in [0.15, 0.2) is 0 Å². The van der Waals surface area contributed by atoms with Gasteiger partial charge in [0.25, 0.3) is 5.91 Å². The Kier molecular flexibility index (Phi) is 3.69. The summed E-state index contributed by atoms with van der Waals surface area (Å²) in [5, 5.41) is 2.90. The van der Waals surface area contributed by atoms with Crippen molar-refractivity contribution in [2.45, 2.75) is 12.8 Å². The van der Waals surface area contributed by atoms with Gasteiger partial charge < -0.3 is 10.2 Å². The number of aromatic nitrogens is 1. The van der Waals surface area contributed by atoms with Gasteiger partial charge in [0.05, 0.1) is 11.7 Å². The van der Waals surface area contributed by atoms with E-state index in [-0.39, 0.29) is 5.91 Å². The second kappa shape index (κ2) is 5.23. The van der Waals surface area contributed by atoms with Crippen LogP contribution in [0, 0.1) is 0 Å². The molecule has 1 saturated heterocycles. The van der Waals surface area contributed by atoms with Crippen molar-refractivity contribution in [3.05, 3.63) is 16.6 Å². The molecule has 5 heteroatoms. The van der Waals surface area contributed by atoms with Crippen molar-refractivity contribution in [2.24, 2.45) is 0 Å². The fourth-order valence-electron chi connectivity index (χ4n) is 1.75. The molecule has 1 aliphatic rings. The third-order valence-corrected chi connectivity index (χ3v) is 3.34. The van der Waals surface area contributed by atoms with Crippen molar-refractivity contribution in [1.29, 1.82) is 0 Å². The van der Waals surface area contributed by atoms with Crippen LogP contribution in [-0.4, -0.2) is 42.0 Å². The quantitative estimate of drug-likeness (QED) is 0.830. The molecule has 4 nitrogen and oxygen atoms in total. The van der Waals surface area contributed by atoms with Crippen molar-refractivity contribution in [2.75, 3.05) is 26.2 Å². The summed E-state index contributed by atoms with van der Waals surface area (Å²) >= 11 is 1.38. The molecule has 0 aromatic carbocycles. The highest BCUT2D eigenvalue weighted by Gasteiger charge is 2.11. The summed E-state index contributed by atoms with van der Waals surface area (Å²) in [5.74, 6) is -0.00306. The largest absolute Gasteiger partial charge is 0.350 e. The van der Waals surface area contributed by atoms with Crippen molar-refractivity contribution in [3.63, 3.8) is 0 Å². The van der Waals surface area contributed by atoms with Gasteiger partial charge in [0.2, 0.25) is 0 Å². The Labute approximate surface area is 93.3 Å². The number of carbonyl (C=O) groups is 1. The first-order valence-electron chi connectivity index (χ1n) is 5.25. The van der Waals surface area contributed by atoms with Crippen LogP contribution >= 0.6 is 11.3 Å². The van der Waals surface area contributed by atoms with Crippen molar-refractivity contribution >= 4 is 17.2 Å². The standard InChI is InChI=1S/C10H15N3OS/c14-10(9-7-11-8-15-9)12-3-6-13-4-1-2-5-13/h7-8H,1-6H2,(H,12,14). The van der Waals surface area contributed by atoms with E-state index in [9.17, 15) is 4.79 Å². The molecule has 2 rings (SSSR count). The minimum atomic E-state index is -0.00306. The number of nitrogens with zero attached hydrogens (tertiary/aromatic N) is 2. The zero-order valence-corrected chi connectivity index (χ0v) is 9.42. The molecule has 0 atom stereocenters. The molecule has 82 valence electrons. The monoisotopic (exact) mass is 225 g/mol. The van der Waals surface area contributed by atoms with E-state index in [1.54, 1.807) is 11.7 Å². The minimum Gasteiger partial charge on any atom is -0.350 e. The number of amides is 1. The second-order valence-electron chi connectivity index (χ2n) is 3.67. The molecule has 2 heterocycles. The molecule has 1 aromatic heterocycles. The number of hydrogen-bond acceptors (Lipinski definition) is 4. The van der Waals surface area contributed by atoms with Gasteiger partial charge >= 0.3 is 0 Å². The maximum Gasteiger partial charge on any atom is 0.263 e. The zero-order chi connectivity index (χ0) is 10.5. The molecule has 0 radical (unpaired) electrons. The fourth-order valence-corrected chi connectivity index (χ4v) is 2.29. The van der Waals surface area contributed by atoms with Gasteiger partial charge in [0, 0.05) is 13.1 Å². The summed E-state index contributed by atoms with van der Waals surface area (Å²) < 4.78 is 0. The highest BCUT2D eigenvalue weighted by molar-refractivity contribution is 7.11. The molecule has 15 heavy (non-hydrogen) atoms. The molecular formula is C10H15N3OS. The van der Waals surface area contributed by atoms with Gasteiger partial charge in [-0.2, -0.15) is 0 Å². The number of rotatable bonds is 4. The molecule has 1 aromatic rings. The first-order valence-corrected chi connectivity index (χ1v) is 6.13. The number of nitrogens with one attached hydrogen (secondary N) is 1. The summed E-state index contributed by atoms with van der Waals surface area (Å²) in [6, 6.07) is 0. The van der Waals surface area contributed by atoms with E-state index < -0.39 is 0 Å². The molecule has 0 aliphatic carbocycles. The Balaban J connectivity index is 1.67. The average molecular weight is 225 g/mol.